The Kier molecular flexibility index (Phi) is 6.61. The van der Waals surface area contributed by atoms with Crippen LogP contribution < -0.4 is 0 Å². The van der Waals surface area contributed by atoms with Crippen molar-refractivity contribution in [1.82, 2.24) is 4.31 Å². The SMILES string of the molecule is CCCC(C)N(C)S(=O)(=O)c1cc(CCl)c(Cl)cc1Cl. The van der Waals surface area contributed by atoms with Crippen LogP contribution in [-0.2, 0) is 15.9 Å². The number of hydrogen-bond acceptors (Lipinski definition) is 2. The van der Waals surface area contributed by atoms with Crippen LogP contribution in [0.25, 0.3) is 0 Å². The minimum absolute atomic E-state index is 0.0460. The van der Waals surface area contributed by atoms with E-state index in [1.807, 2.05) is 13.8 Å². The van der Waals surface area contributed by atoms with Crippen molar-refractivity contribution in [2.24, 2.45) is 0 Å². The third-order valence-electron chi connectivity index (χ3n) is 3.23. The van der Waals surface area contributed by atoms with Crippen LogP contribution in [0.2, 0.25) is 10.0 Å². The Morgan fingerprint density at radius 3 is 2.35 bits per heavy atom. The maximum absolute atomic E-state index is 12.6. The summed E-state index contributed by atoms with van der Waals surface area (Å²) in [5.74, 6) is 0.132. The third-order valence-corrected chi connectivity index (χ3v) is 6.31. The summed E-state index contributed by atoms with van der Waals surface area (Å²) in [5.41, 5.74) is 0.549. The molecule has 1 aromatic rings. The average molecular weight is 359 g/mol. The molecule has 0 amide bonds. The van der Waals surface area contributed by atoms with Gasteiger partial charge in [0.1, 0.15) is 4.90 Å². The van der Waals surface area contributed by atoms with Gasteiger partial charge in [-0.3, -0.25) is 0 Å². The molecule has 0 aromatic heterocycles. The van der Waals surface area contributed by atoms with Gasteiger partial charge in [0, 0.05) is 24.0 Å². The van der Waals surface area contributed by atoms with Gasteiger partial charge in [-0.1, -0.05) is 36.5 Å². The van der Waals surface area contributed by atoms with Gasteiger partial charge >= 0.3 is 0 Å². The van der Waals surface area contributed by atoms with Crippen molar-refractivity contribution < 1.29 is 8.42 Å². The molecule has 20 heavy (non-hydrogen) atoms. The van der Waals surface area contributed by atoms with Gasteiger partial charge in [-0.25, -0.2) is 8.42 Å². The lowest BCUT2D eigenvalue weighted by Crippen LogP contribution is -2.35. The summed E-state index contributed by atoms with van der Waals surface area (Å²) in [6.45, 7) is 3.88. The molecule has 0 radical (unpaired) electrons. The molecule has 0 spiro atoms. The van der Waals surface area contributed by atoms with E-state index in [0.717, 1.165) is 12.8 Å². The van der Waals surface area contributed by atoms with E-state index in [4.69, 9.17) is 34.8 Å². The van der Waals surface area contributed by atoms with Crippen LogP contribution in [0.1, 0.15) is 32.3 Å². The second kappa shape index (κ2) is 7.32. The van der Waals surface area contributed by atoms with Crippen molar-refractivity contribution in [3.63, 3.8) is 0 Å². The molecule has 0 N–H and O–H groups in total. The van der Waals surface area contributed by atoms with Crippen molar-refractivity contribution in [3.05, 3.63) is 27.7 Å². The number of halogens is 3. The first-order valence-corrected chi connectivity index (χ1v) is 9.00. The minimum atomic E-state index is -3.66. The fraction of sp³-hybridized carbons (Fsp3) is 0.538. The van der Waals surface area contributed by atoms with Gasteiger partial charge in [-0.15, -0.1) is 11.6 Å². The molecule has 0 saturated heterocycles. The monoisotopic (exact) mass is 357 g/mol. The number of hydrogen-bond donors (Lipinski definition) is 0. The second-order valence-electron chi connectivity index (χ2n) is 4.67. The first-order chi connectivity index (χ1) is 9.25. The molecule has 1 atom stereocenters. The Hall–Kier alpha value is -0.000000000000000111. The summed E-state index contributed by atoms with van der Waals surface area (Å²) in [4.78, 5) is 0.0460. The lowest BCUT2D eigenvalue weighted by Gasteiger charge is -2.24. The molecule has 3 nitrogen and oxygen atoms in total. The Labute approximate surface area is 135 Å². The lowest BCUT2D eigenvalue weighted by atomic mass is 10.2. The summed E-state index contributed by atoms with van der Waals surface area (Å²) < 4.78 is 26.5. The number of alkyl halides is 1. The van der Waals surface area contributed by atoms with E-state index in [1.54, 1.807) is 7.05 Å². The number of sulfonamides is 1. The fourth-order valence-electron chi connectivity index (χ4n) is 1.86. The van der Waals surface area contributed by atoms with Crippen LogP contribution in [0.15, 0.2) is 17.0 Å². The zero-order chi connectivity index (χ0) is 15.5. The van der Waals surface area contributed by atoms with Gasteiger partial charge in [-0.05, 0) is 31.0 Å². The van der Waals surface area contributed by atoms with Crippen molar-refractivity contribution in [1.29, 1.82) is 0 Å². The van der Waals surface area contributed by atoms with Crippen LogP contribution in [0, 0.1) is 0 Å². The Balaban J connectivity index is 3.28. The number of rotatable bonds is 6. The number of nitrogens with zero attached hydrogens (tertiary/aromatic N) is 1. The van der Waals surface area contributed by atoms with Crippen molar-refractivity contribution in [2.45, 2.75) is 43.5 Å². The van der Waals surface area contributed by atoms with Gasteiger partial charge in [0.25, 0.3) is 0 Å². The standard InChI is InChI=1S/C13H18Cl3NO2S/c1-4-5-9(2)17(3)20(18,19)13-6-10(8-14)11(15)7-12(13)16/h6-7,9H,4-5,8H2,1-3H3. The predicted molar refractivity (Wildman–Crippen MR) is 85.3 cm³/mol. The molecule has 1 unspecified atom stereocenters. The largest absolute Gasteiger partial charge is 0.244 e. The zero-order valence-electron chi connectivity index (χ0n) is 11.7. The maximum Gasteiger partial charge on any atom is 0.244 e. The van der Waals surface area contributed by atoms with Gasteiger partial charge in [0.05, 0.1) is 5.02 Å². The van der Waals surface area contributed by atoms with E-state index in [-0.39, 0.29) is 21.8 Å². The van der Waals surface area contributed by atoms with E-state index in [9.17, 15) is 8.42 Å². The van der Waals surface area contributed by atoms with E-state index >= 15 is 0 Å². The number of benzene rings is 1. The van der Waals surface area contributed by atoms with Crippen LogP contribution in [0.5, 0.6) is 0 Å². The highest BCUT2D eigenvalue weighted by Gasteiger charge is 2.28. The lowest BCUT2D eigenvalue weighted by molar-refractivity contribution is 0.369. The van der Waals surface area contributed by atoms with Crippen LogP contribution in [-0.4, -0.2) is 25.8 Å². The Morgan fingerprint density at radius 2 is 1.85 bits per heavy atom. The molecule has 114 valence electrons. The Bertz CT molecular complexity index is 575. The van der Waals surface area contributed by atoms with Gasteiger partial charge in [0.15, 0.2) is 0 Å². The molecule has 0 bridgehead atoms. The zero-order valence-corrected chi connectivity index (χ0v) is 14.7. The second-order valence-corrected chi connectivity index (χ2v) is 7.71. The van der Waals surface area contributed by atoms with Crippen LogP contribution in [0.3, 0.4) is 0 Å². The normalized spacial score (nSPS) is 13.8. The summed E-state index contributed by atoms with van der Waals surface area (Å²) in [7, 11) is -2.10. The molecule has 0 aliphatic heterocycles. The maximum atomic E-state index is 12.6. The van der Waals surface area contributed by atoms with Crippen molar-refractivity contribution in [2.75, 3.05) is 7.05 Å². The highest BCUT2D eigenvalue weighted by atomic mass is 35.5. The van der Waals surface area contributed by atoms with E-state index in [1.165, 1.54) is 16.4 Å². The van der Waals surface area contributed by atoms with E-state index < -0.39 is 10.0 Å². The summed E-state index contributed by atoms with van der Waals surface area (Å²) in [5, 5.41) is 0.479. The van der Waals surface area contributed by atoms with Gasteiger partial charge in [-0.2, -0.15) is 4.31 Å². The molecule has 7 heteroatoms. The van der Waals surface area contributed by atoms with E-state index in [0.29, 0.717) is 10.6 Å². The Morgan fingerprint density at radius 1 is 1.25 bits per heavy atom. The summed E-state index contributed by atoms with van der Waals surface area (Å²) in [6, 6.07) is 2.77. The smallest absolute Gasteiger partial charge is 0.207 e. The van der Waals surface area contributed by atoms with E-state index in [2.05, 4.69) is 0 Å². The molecule has 0 saturated carbocycles. The molecule has 0 aliphatic carbocycles. The molecule has 0 aliphatic rings. The fourth-order valence-corrected chi connectivity index (χ4v) is 4.38. The topological polar surface area (TPSA) is 37.4 Å². The third kappa shape index (κ3) is 3.80. The molecule has 1 aromatic carbocycles. The summed E-state index contributed by atoms with van der Waals surface area (Å²) >= 11 is 17.8. The molecule has 1 rings (SSSR count). The van der Waals surface area contributed by atoms with Crippen molar-refractivity contribution in [3.8, 4) is 0 Å². The summed E-state index contributed by atoms with van der Waals surface area (Å²) in [6.07, 6.45) is 1.69. The quantitative estimate of drug-likeness (QED) is 0.700. The minimum Gasteiger partial charge on any atom is -0.207 e. The van der Waals surface area contributed by atoms with Gasteiger partial charge in [0.2, 0.25) is 10.0 Å². The van der Waals surface area contributed by atoms with Crippen LogP contribution >= 0.6 is 34.8 Å². The predicted octanol–water partition coefficient (Wildman–Crippen LogP) is 4.54. The van der Waals surface area contributed by atoms with Gasteiger partial charge < -0.3 is 0 Å². The first-order valence-electron chi connectivity index (χ1n) is 6.27. The first kappa shape index (κ1) is 18.1. The van der Waals surface area contributed by atoms with Crippen molar-refractivity contribution >= 4 is 44.8 Å². The molecular formula is C13H18Cl3NO2S. The highest BCUT2D eigenvalue weighted by molar-refractivity contribution is 7.89. The average Bonchev–Trinajstić information content (AvgIpc) is 2.37. The van der Waals surface area contributed by atoms with Crippen LogP contribution in [0.4, 0.5) is 0 Å². The molecule has 0 heterocycles. The molecular weight excluding hydrogens is 341 g/mol. The highest BCUT2D eigenvalue weighted by Crippen LogP contribution is 2.31. The molecule has 0 fully saturated rings.